The zero-order chi connectivity index (χ0) is 19.9. The van der Waals surface area contributed by atoms with Crippen LogP contribution in [0.5, 0.6) is 11.5 Å². The monoisotopic (exact) mass is 398 g/mol. The Morgan fingerprint density at radius 3 is 2.75 bits per heavy atom. The van der Waals surface area contributed by atoms with Crippen LogP contribution in [-0.4, -0.2) is 23.2 Å². The van der Waals surface area contributed by atoms with E-state index in [9.17, 15) is 10.1 Å². The molecule has 0 amide bonds. The minimum absolute atomic E-state index is 0.0816. The zero-order valence-corrected chi connectivity index (χ0v) is 16.1. The van der Waals surface area contributed by atoms with Gasteiger partial charge < -0.3 is 9.47 Å². The molecule has 28 heavy (non-hydrogen) atoms. The smallest absolute Gasteiger partial charge is 0.315 e. The summed E-state index contributed by atoms with van der Waals surface area (Å²) >= 11 is 1.39. The molecule has 0 bridgehead atoms. The first-order valence-electron chi connectivity index (χ1n) is 8.30. The quantitative estimate of drug-likeness (QED) is 0.343. The summed E-state index contributed by atoms with van der Waals surface area (Å²) in [6.07, 6.45) is 3.11. The van der Waals surface area contributed by atoms with Crippen molar-refractivity contribution < 1.29 is 14.4 Å². The number of methoxy groups -OCH3 is 1. The van der Waals surface area contributed by atoms with E-state index in [1.54, 1.807) is 12.3 Å². The molecule has 144 valence electrons. The van der Waals surface area contributed by atoms with Crippen molar-refractivity contribution in [2.45, 2.75) is 13.5 Å². The van der Waals surface area contributed by atoms with Crippen molar-refractivity contribution in [2.75, 3.05) is 12.5 Å². The highest BCUT2D eigenvalue weighted by Crippen LogP contribution is 2.38. The van der Waals surface area contributed by atoms with Crippen LogP contribution in [0.15, 0.2) is 53.1 Å². The highest BCUT2D eigenvalue weighted by molar-refractivity contribution is 7.13. The van der Waals surface area contributed by atoms with Gasteiger partial charge in [0.25, 0.3) is 0 Å². The molecule has 8 nitrogen and oxygen atoms in total. The number of aryl methyl sites for hydroxylation is 1. The third kappa shape index (κ3) is 4.83. The highest BCUT2D eigenvalue weighted by atomic mass is 32.1. The van der Waals surface area contributed by atoms with Crippen molar-refractivity contribution in [2.24, 2.45) is 5.10 Å². The van der Waals surface area contributed by atoms with Crippen LogP contribution in [0.25, 0.3) is 0 Å². The topological polar surface area (TPSA) is 98.9 Å². The van der Waals surface area contributed by atoms with Crippen molar-refractivity contribution in [3.05, 3.63) is 74.8 Å². The van der Waals surface area contributed by atoms with Crippen LogP contribution in [0.4, 0.5) is 10.8 Å². The van der Waals surface area contributed by atoms with Crippen LogP contribution >= 0.6 is 11.3 Å². The minimum Gasteiger partial charge on any atom is -0.493 e. The maximum atomic E-state index is 11.6. The van der Waals surface area contributed by atoms with Crippen LogP contribution in [0.1, 0.15) is 16.7 Å². The van der Waals surface area contributed by atoms with Gasteiger partial charge in [-0.15, -0.1) is 11.3 Å². The number of thiazole rings is 1. The second-order valence-corrected chi connectivity index (χ2v) is 6.70. The standard InChI is InChI=1S/C19H18N4O4S/c1-13-3-5-14(6-4-13)12-27-18-16(23(24)25)9-15(10-17(18)26-2)11-21-22-19-20-7-8-28-19/h3-11H,12H2,1-2H3,(H,20,22)/b21-11-. The highest BCUT2D eigenvalue weighted by Gasteiger charge is 2.22. The molecule has 0 atom stereocenters. The number of aromatic nitrogens is 1. The summed E-state index contributed by atoms with van der Waals surface area (Å²) in [6, 6.07) is 10.8. The number of nitrogens with one attached hydrogen (secondary N) is 1. The molecule has 2 aromatic carbocycles. The average Bonchev–Trinajstić information content (AvgIpc) is 3.21. The number of nitrogens with zero attached hydrogens (tertiary/aromatic N) is 3. The van der Waals surface area contributed by atoms with E-state index >= 15 is 0 Å². The third-order valence-corrected chi connectivity index (χ3v) is 4.46. The van der Waals surface area contributed by atoms with Gasteiger partial charge in [-0.3, -0.25) is 15.5 Å². The maximum Gasteiger partial charge on any atom is 0.315 e. The van der Waals surface area contributed by atoms with Gasteiger partial charge in [0.1, 0.15) is 6.61 Å². The van der Waals surface area contributed by atoms with Gasteiger partial charge in [0, 0.05) is 23.2 Å². The van der Waals surface area contributed by atoms with Crippen molar-refractivity contribution in [1.82, 2.24) is 4.98 Å². The number of benzene rings is 2. The molecule has 0 spiro atoms. The summed E-state index contributed by atoms with van der Waals surface area (Å²) in [4.78, 5) is 15.1. The maximum absolute atomic E-state index is 11.6. The van der Waals surface area contributed by atoms with Crippen LogP contribution in [0.2, 0.25) is 0 Å². The largest absolute Gasteiger partial charge is 0.493 e. The first kappa shape index (κ1) is 19.3. The lowest BCUT2D eigenvalue weighted by molar-refractivity contribution is -0.386. The van der Waals surface area contributed by atoms with Crippen LogP contribution < -0.4 is 14.9 Å². The Hall–Kier alpha value is -3.46. The van der Waals surface area contributed by atoms with Gasteiger partial charge in [-0.25, -0.2) is 4.98 Å². The Labute approximate surface area is 165 Å². The van der Waals surface area contributed by atoms with Gasteiger partial charge in [-0.2, -0.15) is 5.10 Å². The fourth-order valence-corrected chi connectivity index (χ4v) is 2.87. The first-order chi connectivity index (χ1) is 13.6. The molecular formula is C19H18N4O4S. The Balaban J connectivity index is 1.83. The molecule has 3 rings (SSSR count). The van der Waals surface area contributed by atoms with Crippen molar-refractivity contribution in [1.29, 1.82) is 0 Å². The minimum atomic E-state index is -0.501. The Bertz CT molecular complexity index is 972. The van der Waals surface area contributed by atoms with Gasteiger partial charge in [0.05, 0.1) is 18.2 Å². The normalized spacial score (nSPS) is 10.8. The van der Waals surface area contributed by atoms with Gasteiger partial charge in [-0.05, 0) is 18.6 Å². The van der Waals surface area contributed by atoms with Gasteiger partial charge in [0.15, 0.2) is 5.75 Å². The third-order valence-electron chi connectivity index (χ3n) is 3.78. The van der Waals surface area contributed by atoms with E-state index in [1.165, 1.54) is 30.7 Å². The summed E-state index contributed by atoms with van der Waals surface area (Å²) in [6.45, 7) is 2.18. The lowest BCUT2D eigenvalue weighted by Crippen LogP contribution is -2.03. The molecule has 0 saturated heterocycles. The fraction of sp³-hybridized carbons (Fsp3) is 0.158. The van der Waals surface area contributed by atoms with E-state index in [0.717, 1.165) is 11.1 Å². The Kier molecular flexibility index (Phi) is 6.18. The molecule has 0 aliphatic heterocycles. The molecular weight excluding hydrogens is 380 g/mol. The summed E-state index contributed by atoms with van der Waals surface area (Å²) in [5.41, 5.74) is 5.09. The predicted octanol–water partition coefficient (Wildman–Crippen LogP) is 4.39. The summed E-state index contributed by atoms with van der Waals surface area (Å²) in [5.74, 6) is 0.343. The molecule has 0 aliphatic rings. The van der Waals surface area contributed by atoms with E-state index in [4.69, 9.17) is 9.47 Å². The molecule has 0 fully saturated rings. The number of hydrogen-bond donors (Lipinski definition) is 1. The number of anilines is 1. The van der Waals surface area contributed by atoms with Crippen LogP contribution in [0.3, 0.4) is 0 Å². The van der Waals surface area contributed by atoms with E-state index in [-0.39, 0.29) is 23.8 Å². The molecule has 1 N–H and O–H groups in total. The van der Waals surface area contributed by atoms with Crippen LogP contribution in [-0.2, 0) is 6.61 Å². The lowest BCUT2D eigenvalue weighted by atomic mass is 10.1. The summed E-state index contributed by atoms with van der Waals surface area (Å²) in [5, 5.41) is 18.0. The average molecular weight is 398 g/mol. The molecule has 0 saturated carbocycles. The van der Waals surface area contributed by atoms with Gasteiger partial charge >= 0.3 is 5.69 Å². The second kappa shape index (κ2) is 8.96. The number of hydrogen-bond acceptors (Lipinski definition) is 8. The summed E-state index contributed by atoms with van der Waals surface area (Å²) < 4.78 is 11.0. The molecule has 0 radical (unpaired) electrons. The fourth-order valence-electron chi connectivity index (χ4n) is 2.40. The first-order valence-corrected chi connectivity index (χ1v) is 9.18. The van der Waals surface area contributed by atoms with E-state index in [2.05, 4.69) is 15.5 Å². The molecule has 1 aromatic heterocycles. The number of nitro groups is 1. The van der Waals surface area contributed by atoms with E-state index in [0.29, 0.717) is 10.7 Å². The van der Waals surface area contributed by atoms with E-state index < -0.39 is 4.92 Å². The zero-order valence-electron chi connectivity index (χ0n) is 15.3. The van der Waals surface area contributed by atoms with Crippen molar-refractivity contribution in [3.8, 4) is 11.5 Å². The Morgan fingerprint density at radius 2 is 2.11 bits per heavy atom. The number of ether oxygens (including phenoxy) is 2. The van der Waals surface area contributed by atoms with Crippen molar-refractivity contribution in [3.63, 3.8) is 0 Å². The molecule has 0 unspecified atom stereocenters. The van der Waals surface area contributed by atoms with E-state index in [1.807, 2.05) is 36.6 Å². The van der Waals surface area contributed by atoms with Gasteiger partial charge in [0.2, 0.25) is 10.9 Å². The molecule has 1 heterocycles. The van der Waals surface area contributed by atoms with Gasteiger partial charge in [-0.1, -0.05) is 29.8 Å². The van der Waals surface area contributed by atoms with Crippen LogP contribution in [0, 0.1) is 17.0 Å². The lowest BCUT2D eigenvalue weighted by Gasteiger charge is -2.12. The molecule has 3 aromatic rings. The Morgan fingerprint density at radius 1 is 1.32 bits per heavy atom. The van der Waals surface area contributed by atoms with Crippen molar-refractivity contribution >= 4 is 28.4 Å². The SMILES string of the molecule is COc1cc(/C=N\Nc2nccs2)cc([N+](=O)[O-])c1OCc1ccc(C)cc1. The number of hydrazone groups is 1. The number of rotatable bonds is 8. The second-order valence-electron chi connectivity index (χ2n) is 5.81. The number of nitro benzene ring substituents is 1. The molecule has 9 heteroatoms. The predicted molar refractivity (Wildman–Crippen MR) is 108 cm³/mol. The summed E-state index contributed by atoms with van der Waals surface area (Å²) in [7, 11) is 1.44. The molecule has 0 aliphatic carbocycles.